The number of aliphatic hydroxyl groups excluding tert-OH is 1. The Balaban J connectivity index is 1.88. The molecule has 2 rings (SSSR count). The van der Waals surface area contributed by atoms with Crippen LogP contribution in [0.25, 0.3) is 0 Å². The fourth-order valence-corrected chi connectivity index (χ4v) is 2.09. The fraction of sp³-hybridized carbons (Fsp3) is 0.214. The molecule has 0 aliphatic rings. The molecule has 0 radical (unpaired) electrons. The van der Waals surface area contributed by atoms with Gasteiger partial charge in [0.2, 0.25) is 5.91 Å². The molecule has 0 saturated heterocycles. The van der Waals surface area contributed by atoms with Gasteiger partial charge in [0.1, 0.15) is 11.9 Å². The first-order valence-corrected chi connectivity index (χ1v) is 6.74. The number of aliphatic hydroxyl groups is 1. The van der Waals surface area contributed by atoms with Crippen LogP contribution in [0, 0.1) is 0 Å². The number of nitrogens with one attached hydrogen (secondary N) is 1. The van der Waals surface area contributed by atoms with Gasteiger partial charge >= 0.3 is 0 Å². The quantitative estimate of drug-likeness (QED) is 0.892. The average Bonchev–Trinajstić information content (AvgIpc) is 2.94. The van der Waals surface area contributed by atoms with Crippen molar-refractivity contribution in [1.29, 1.82) is 0 Å². The van der Waals surface area contributed by atoms with Crippen molar-refractivity contribution in [1.82, 2.24) is 5.32 Å². The Morgan fingerprint density at radius 3 is 2.85 bits per heavy atom. The molecule has 0 aliphatic heterocycles. The summed E-state index contributed by atoms with van der Waals surface area (Å²) in [5.74, 6) is 0.158. The molecule has 106 valence electrons. The van der Waals surface area contributed by atoms with Crippen molar-refractivity contribution in [2.45, 2.75) is 12.5 Å². The number of carbonyl (C=O) groups is 1. The van der Waals surface area contributed by atoms with E-state index >= 15 is 0 Å². The van der Waals surface area contributed by atoms with E-state index in [4.69, 9.17) is 27.6 Å². The maximum absolute atomic E-state index is 11.8. The van der Waals surface area contributed by atoms with Crippen LogP contribution in [0.2, 0.25) is 10.0 Å². The summed E-state index contributed by atoms with van der Waals surface area (Å²) in [6, 6.07) is 8.26. The SMILES string of the molecule is O=C(Cc1cc(Cl)ccc1Cl)NCC(O)c1ccco1. The molecule has 6 heteroatoms. The van der Waals surface area contributed by atoms with Gasteiger partial charge in [-0.3, -0.25) is 4.79 Å². The second kappa shape index (κ2) is 6.79. The van der Waals surface area contributed by atoms with Crippen molar-refractivity contribution >= 4 is 29.1 Å². The molecule has 0 spiro atoms. The molecule has 0 fully saturated rings. The first-order chi connectivity index (χ1) is 9.56. The molecule has 2 N–H and O–H groups in total. The topological polar surface area (TPSA) is 62.5 Å². The van der Waals surface area contributed by atoms with Crippen LogP contribution in [0.5, 0.6) is 0 Å². The summed E-state index contributed by atoms with van der Waals surface area (Å²) in [6.07, 6.45) is 0.694. The van der Waals surface area contributed by atoms with Gasteiger partial charge in [-0.1, -0.05) is 23.2 Å². The highest BCUT2D eigenvalue weighted by molar-refractivity contribution is 6.33. The van der Waals surface area contributed by atoms with Crippen LogP contribution < -0.4 is 5.32 Å². The summed E-state index contributed by atoms with van der Waals surface area (Å²) in [5, 5.41) is 13.4. The van der Waals surface area contributed by atoms with Gasteiger partial charge in [0.15, 0.2) is 0 Å². The van der Waals surface area contributed by atoms with Crippen LogP contribution in [0.15, 0.2) is 41.0 Å². The van der Waals surface area contributed by atoms with E-state index in [-0.39, 0.29) is 18.9 Å². The van der Waals surface area contributed by atoms with Gasteiger partial charge in [-0.15, -0.1) is 0 Å². The lowest BCUT2D eigenvalue weighted by Crippen LogP contribution is -2.29. The lowest BCUT2D eigenvalue weighted by atomic mass is 10.1. The first kappa shape index (κ1) is 14.9. The highest BCUT2D eigenvalue weighted by atomic mass is 35.5. The summed E-state index contributed by atoms with van der Waals surface area (Å²) in [7, 11) is 0. The molecule has 1 amide bonds. The Bertz CT molecular complexity index is 584. The van der Waals surface area contributed by atoms with Gasteiger partial charge in [-0.2, -0.15) is 0 Å². The van der Waals surface area contributed by atoms with E-state index in [2.05, 4.69) is 5.32 Å². The molecule has 0 aliphatic carbocycles. The zero-order chi connectivity index (χ0) is 14.5. The minimum atomic E-state index is -0.871. The standard InChI is InChI=1S/C14H13Cl2NO3/c15-10-3-4-11(16)9(6-10)7-14(19)17-8-12(18)13-2-1-5-20-13/h1-6,12,18H,7-8H2,(H,17,19). The third-order valence-corrected chi connectivity index (χ3v) is 3.33. The number of hydrogen-bond acceptors (Lipinski definition) is 3. The van der Waals surface area contributed by atoms with Gasteiger partial charge in [-0.05, 0) is 35.9 Å². The molecule has 0 saturated carbocycles. The van der Waals surface area contributed by atoms with Gasteiger partial charge in [-0.25, -0.2) is 0 Å². The molecule has 1 heterocycles. The lowest BCUT2D eigenvalue weighted by molar-refractivity contribution is -0.120. The molecule has 1 atom stereocenters. The van der Waals surface area contributed by atoms with Crippen molar-refractivity contribution in [2.24, 2.45) is 0 Å². The molecule has 0 bridgehead atoms. The van der Waals surface area contributed by atoms with E-state index in [0.29, 0.717) is 21.4 Å². The fourth-order valence-electron chi connectivity index (χ4n) is 1.71. The maximum atomic E-state index is 11.8. The number of benzene rings is 1. The summed E-state index contributed by atoms with van der Waals surface area (Å²) >= 11 is 11.8. The van der Waals surface area contributed by atoms with Crippen LogP contribution in [0.4, 0.5) is 0 Å². The molecule has 2 aromatic rings. The second-order valence-corrected chi connectivity index (χ2v) is 5.09. The number of furan rings is 1. The molecule has 4 nitrogen and oxygen atoms in total. The largest absolute Gasteiger partial charge is 0.467 e. The first-order valence-electron chi connectivity index (χ1n) is 5.98. The van der Waals surface area contributed by atoms with Crippen molar-refractivity contribution in [3.05, 3.63) is 58.0 Å². The van der Waals surface area contributed by atoms with Gasteiger partial charge in [0.05, 0.1) is 19.2 Å². The highest BCUT2D eigenvalue weighted by Gasteiger charge is 2.13. The zero-order valence-electron chi connectivity index (χ0n) is 10.5. The van der Waals surface area contributed by atoms with Crippen LogP contribution in [-0.2, 0) is 11.2 Å². The smallest absolute Gasteiger partial charge is 0.224 e. The van der Waals surface area contributed by atoms with Crippen molar-refractivity contribution < 1.29 is 14.3 Å². The van der Waals surface area contributed by atoms with E-state index in [1.54, 1.807) is 30.3 Å². The Morgan fingerprint density at radius 2 is 2.15 bits per heavy atom. The molecule has 1 aromatic carbocycles. The van der Waals surface area contributed by atoms with Gasteiger partial charge in [0.25, 0.3) is 0 Å². The van der Waals surface area contributed by atoms with E-state index in [1.807, 2.05) is 0 Å². The van der Waals surface area contributed by atoms with Crippen LogP contribution in [-0.4, -0.2) is 17.6 Å². The van der Waals surface area contributed by atoms with Crippen molar-refractivity contribution in [3.8, 4) is 0 Å². The van der Waals surface area contributed by atoms with E-state index in [9.17, 15) is 9.90 Å². The summed E-state index contributed by atoms with van der Waals surface area (Å²) in [5.41, 5.74) is 0.643. The molecule has 20 heavy (non-hydrogen) atoms. The predicted octanol–water partition coefficient (Wildman–Crippen LogP) is 2.98. The van der Waals surface area contributed by atoms with Crippen LogP contribution in [0.1, 0.15) is 17.4 Å². The molecule has 1 aromatic heterocycles. The second-order valence-electron chi connectivity index (χ2n) is 4.25. The van der Waals surface area contributed by atoms with Crippen LogP contribution >= 0.6 is 23.2 Å². The number of amides is 1. The van der Waals surface area contributed by atoms with Crippen LogP contribution in [0.3, 0.4) is 0 Å². The monoisotopic (exact) mass is 313 g/mol. The lowest BCUT2D eigenvalue weighted by Gasteiger charge is -2.10. The number of halogens is 2. The van der Waals surface area contributed by atoms with Gasteiger partial charge < -0.3 is 14.8 Å². The van der Waals surface area contributed by atoms with Crippen molar-refractivity contribution in [2.75, 3.05) is 6.54 Å². The molecular weight excluding hydrogens is 301 g/mol. The Kier molecular flexibility index (Phi) is 5.06. The Labute approximate surface area is 126 Å². The maximum Gasteiger partial charge on any atom is 0.224 e. The number of hydrogen-bond donors (Lipinski definition) is 2. The normalized spacial score (nSPS) is 12.2. The van der Waals surface area contributed by atoms with Gasteiger partial charge in [0, 0.05) is 10.0 Å². The van der Waals surface area contributed by atoms with E-state index in [1.165, 1.54) is 6.26 Å². The van der Waals surface area contributed by atoms with E-state index in [0.717, 1.165) is 0 Å². The third kappa shape index (κ3) is 4.00. The summed E-state index contributed by atoms with van der Waals surface area (Å²) < 4.78 is 5.04. The Hall–Kier alpha value is -1.49. The molecular formula is C14H13Cl2NO3. The highest BCUT2D eigenvalue weighted by Crippen LogP contribution is 2.21. The molecule has 1 unspecified atom stereocenters. The predicted molar refractivity (Wildman–Crippen MR) is 76.8 cm³/mol. The third-order valence-electron chi connectivity index (χ3n) is 2.72. The van der Waals surface area contributed by atoms with E-state index < -0.39 is 6.10 Å². The zero-order valence-corrected chi connectivity index (χ0v) is 12.0. The minimum absolute atomic E-state index is 0.0739. The Morgan fingerprint density at radius 1 is 1.35 bits per heavy atom. The number of rotatable bonds is 5. The number of carbonyl (C=O) groups excluding carboxylic acids is 1. The minimum Gasteiger partial charge on any atom is -0.467 e. The summed E-state index contributed by atoms with van der Waals surface area (Å²) in [4.78, 5) is 11.8. The summed E-state index contributed by atoms with van der Waals surface area (Å²) in [6.45, 7) is 0.0739. The van der Waals surface area contributed by atoms with Crippen molar-refractivity contribution in [3.63, 3.8) is 0 Å². The average molecular weight is 314 g/mol.